The second kappa shape index (κ2) is 4.48. The van der Waals surface area contributed by atoms with Crippen LogP contribution in [0.1, 0.15) is 46.0 Å². The molecule has 0 heterocycles. The van der Waals surface area contributed by atoms with Crippen molar-refractivity contribution in [3.63, 3.8) is 0 Å². The van der Waals surface area contributed by atoms with Gasteiger partial charge >= 0.3 is 0 Å². The molecule has 1 aliphatic rings. The molecule has 12 heavy (non-hydrogen) atoms. The predicted octanol–water partition coefficient (Wildman–Crippen LogP) is 2.33. The molecule has 2 N–H and O–H groups in total. The molecule has 1 rings (SSSR count). The summed E-state index contributed by atoms with van der Waals surface area (Å²) in [6.45, 7) is 4.28. The molecule has 1 saturated carbocycles. The van der Waals surface area contributed by atoms with Gasteiger partial charge in [0.25, 0.3) is 0 Å². The lowest BCUT2D eigenvalue weighted by atomic mass is 10.1. The van der Waals surface area contributed by atoms with Crippen LogP contribution >= 0.6 is 0 Å². The van der Waals surface area contributed by atoms with Crippen LogP contribution in [0.3, 0.4) is 0 Å². The SMILES string of the molecule is CCC(C)N=C(N)C1CCCC1. The Morgan fingerprint density at radius 2 is 2.08 bits per heavy atom. The maximum atomic E-state index is 5.91. The van der Waals surface area contributed by atoms with Gasteiger partial charge in [-0.1, -0.05) is 19.8 Å². The van der Waals surface area contributed by atoms with Crippen molar-refractivity contribution in [1.29, 1.82) is 0 Å². The van der Waals surface area contributed by atoms with Crippen molar-refractivity contribution >= 4 is 5.84 Å². The van der Waals surface area contributed by atoms with Crippen LogP contribution in [-0.4, -0.2) is 11.9 Å². The molecule has 0 aromatic heterocycles. The fourth-order valence-electron chi connectivity index (χ4n) is 1.67. The Balaban J connectivity index is 2.43. The number of hydrogen-bond donors (Lipinski definition) is 1. The van der Waals surface area contributed by atoms with E-state index >= 15 is 0 Å². The predicted molar refractivity (Wildman–Crippen MR) is 53.3 cm³/mol. The summed E-state index contributed by atoms with van der Waals surface area (Å²) < 4.78 is 0. The Kier molecular flexibility index (Phi) is 3.57. The van der Waals surface area contributed by atoms with Crippen LogP contribution in [0.25, 0.3) is 0 Å². The molecule has 0 aliphatic heterocycles. The first-order valence-corrected chi connectivity index (χ1v) is 5.07. The van der Waals surface area contributed by atoms with Crippen LogP contribution in [0, 0.1) is 5.92 Å². The van der Waals surface area contributed by atoms with Crippen LogP contribution in [0.2, 0.25) is 0 Å². The molecule has 1 fully saturated rings. The standard InChI is InChI=1S/C10H20N2/c1-3-8(2)12-10(11)9-6-4-5-7-9/h8-9H,3-7H2,1-2H3,(H2,11,12). The highest BCUT2D eigenvalue weighted by molar-refractivity contribution is 5.83. The summed E-state index contributed by atoms with van der Waals surface area (Å²) in [5.41, 5.74) is 5.91. The van der Waals surface area contributed by atoms with E-state index in [9.17, 15) is 0 Å². The topological polar surface area (TPSA) is 38.4 Å². The first-order valence-electron chi connectivity index (χ1n) is 5.07. The molecular formula is C10H20N2. The van der Waals surface area contributed by atoms with Gasteiger partial charge in [0.15, 0.2) is 0 Å². The van der Waals surface area contributed by atoms with E-state index in [0.29, 0.717) is 12.0 Å². The van der Waals surface area contributed by atoms with E-state index in [1.165, 1.54) is 25.7 Å². The maximum absolute atomic E-state index is 5.91. The summed E-state index contributed by atoms with van der Waals surface area (Å²) in [6, 6.07) is 0.408. The van der Waals surface area contributed by atoms with Gasteiger partial charge in [-0.25, -0.2) is 0 Å². The molecule has 1 unspecified atom stereocenters. The molecule has 0 saturated heterocycles. The van der Waals surface area contributed by atoms with Gasteiger partial charge in [0.1, 0.15) is 0 Å². The fourth-order valence-corrected chi connectivity index (χ4v) is 1.67. The van der Waals surface area contributed by atoms with E-state index in [2.05, 4.69) is 18.8 Å². The molecule has 0 aromatic carbocycles. The molecule has 2 nitrogen and oxygen atoms in total. The van der Waals surface area contributed by atoms with Crippen molar-refractivity contribution in [1.82, 2.24) is 0 Å². The molecule has 70 valence electrons. The highest BCUT2D eigenvalue weighted by Gasteiger charge is 2.18. The second-order valence-corrected chi connectivity index (χ2v) is 3.79. The van der Waals surface area contributed by atoms with Gasteiger partial charge in [-0.05, 0) is 26.2 Å². The van der Waals surface area contributed by atoms with E-state index in [1.54, 1.807) is 0 Å². The maximum Gasteiger partial charge on any atom is 0.0971 e. The Morgan fingerprint density at radius 3 is 2.58 bits per heavy atom. The molecule has 0 spiro atoms. The third kappa shape index (κ3) is 2.50. The first-order chi connectivity index (χ1) is 5.74. The number of hydrogen-bond acceptors (Lipinski definition) is 1. The Hall–Kier alpha value is -0.530. The Bertz CT molecular complexity index is 157. The van der Waals surface area contributed by atoms with Gasteiger partial charge in [0, 0.05) is 12.0 Å². The average molecular weight is 168 g/mol. The number of amidine groups is 1. The van der Waals surface area contributed by atoms with Crippen LogP contribution in [0.15, 0.2) is 4.99 Å². The minimum Gasteiger partial charge on any atom is -0.387 e. The van der Waals surface area contributed by atoms with Gasteiger partial charge in [0.05, 0.1) is 5.84 Å². The monoisotopic (exact) mass is 168 g/mol. The molecule has 0 aromatic rings. The number of nitrogens with two attached hydrogens (primary N) is 1. The minimum atomic E-state index is 0.408. The third-order valence-corrected chi connectivity index (χ3v) is 2.73. The molecule has 2 heteroatoms. The van der Waals surface area contributed by atoms with Crippen molar-refractivity contribution in [3.05, 3.63) is 0 Å². The summed E-state index contributed by atoms with van der Waals surface area (Å²) in [5, 5.41) is 0. The van der Waals surface area contributed by atoms with Crippen LogP contribution in [0.4, 0.5) is 0 Å². The molecule has 0 amide bonds. The van der Waals surface area contributed by atoms with Gasteiger partial charge < -0.3 is 5.73 Å². The Labute approximate surface area is 75.3 Å². The van der Waals surface area contributed by atoms with Crippen molar-refractivity contribution in [2.75, 3.05) is 0 Å². The largest absolute Gasteiger partial charge is 0.387 e. The highest BCUT2D eigenvalue weighted by atomic mass is 14.9. The lowest BCUT2D eigenvalue weighted by Gasteiger charge is -2.10. The number of nitrogens with zero attached hydrogens (tertiary/aromatic N) is 1. The lowest BCUT2D eigenvalue weighted by molar-refractivity contribution is 0.673. The number of rotatable bonds is 3. The zero-order chi connectivity index (χ0) is 8.97. The summed E-state index contributed by atoms with van der Waals surface area (Å²) in [4.78, 5) is 4.47. The lowest BCUT2D eigenvalue weighted by Crippen LogP contribution is -2.23. The van der Waals surface area contributed by atoms with Gasteiger partial charge in [0.2, 0.25) is 0 Å². The van der Waals surface area contributed by atoms with Crippen LogP contribution in [0.5, 0.6) is 0 Å². The van der Waals surface area contributed by atoms with E-state index in [1.807, 2.05) is 0 Å². The molecule has 0 radical (unpaired) electrons. The van der Waals surface area contributed by atoms with Crippen molar-refractivity contribution in [2.45, 2.75) is 52.0 Å². The van der Waals surface area contributed by atoms with Crippen LogP contribution in [-0.2, 0) is 0 Å². The Morgan fingerprint density at radius 1 is 1.50 bits per heavy atom. The fraction of sp³-hybridized carbons (Fsp3) is 0.900. The smallest absolute Gasteiger partial charge is 0.0971 e. The summed E-state index contributed by atoms with van der Waals surface area (Å²) >= 11 is 0. The zero-order valence-corrected chi connectivity index (χ0v) is 8.21. The zero-order valence-electron chi connectivity index (χ0n) is 8.21. The summed E-state index contributed by atoms with van der Waals surface area (Å²) in [6.07, 6.45) is 6.27. The van der Waals surface area contributed by atoms with Gasteiger partial charge in [-0.2, -0.15) is 0 Å². The van der Waals surface area contributed by atoms with Crippen molar-refractivity contribution in [2.24, 2.45) is 16.6 Å². The number of aliphatic imine (C=N–C) groups is 1. The van der Waals surface area contributed by atoms with E-state index in [-0.39, 0.29) is 0 Å². The van der Waals surface area contributed by atoms with E-state index in [0.717, 1.165) is 12.3 Å². The first kappa shape index (κ1) is 9.56. The van der Waals surface area contributed by atoms with E-state index in [4.69, 9.17) is 5.73 Å². The van der Waals surface area contributed by atoms with Crippen LogP contribution < -0.4 is 5.73 Å². The van der Waals surface area contributed by atoms with Gasteiger partial charge in [-0.15, -0.1) is 0 Å². The van der Waals surface area contributed by atoms with E-state index < -0.39 is 0 Å². The third-order valence-electron chi connectivity index (χ3n) is 2.73. The minimum absolute atomic E-state index is 0.408. The molecule has 1 aliphatic carbocycles. The van der Waals surface area contributed by atoms with Gasteiger partial charge in [-0.3, -0.25) is 4.99 Å². The van der Waals surface area contributed by atoms with Crippen molar-refractivity contribution in [3.8, 4) is 0 Å². The highest BCUT2D eigenvalue weighted by Crippen LogP contribution is 2.24. The second-order valence-electron chi connectivity index (χ2n) is 3.79. The normalized spacial score (nSPS) is 23.0. The summed E-state index contributed by atoms with van der Waals surface area (Å²) in [7, 11) is 0. The molecular weight excluding hydrogens is 148 g/mol. The summed E-state index contributed by atoms with van der Waals surface area (Å²) in [5.74, 6) is 1.50. The molecule has 1 atom stereocenters. The quantitative estimate of drug-likeness (QED) is 0.510. The average Bonchev–Trinajstić information content (AvgIpc) is 2.56. The molecule has 0 bridgehead atoms. The van der Waals surface area contributed by atoms with Crippen molar-refractivity contribution < 1.29 is 0 Å².